The number of urea groups is 1. The third kappa shape index (κ3) is 4.46. The quantitative estimate of drug-likeness (QED) is 0.714. The fourth-order valence-electron chi connectivity index (χ4n) is 1.70. The number of carbonyl (C=O) groups is 2. The van der Waals surface area contributed by atoms with Crippen molar-refractivity contribution in [1.82, 2.24) is 10.2 Å². The Kier molecular flexibility index (Phi) is 6.18. The first-order chi connectivity index (χ1) is 8.16. The normalized spacial score (nSPS) is 19.4. The van der Waals surface area contributed by atoms with E-state index in [4.69, 9.17) is 5.11 Å². The SMILES string of the molecule is CCCCCCNC(=O)N1CSCC1C(=O)O. The highest BCUT2D eigenvalue weighted by atomic mass is 32.2. The second kappa shape index (κ2) is 7.42. The molecule has 0 aliphatic carbocycles. The van der Waals surface area contributed by atoms with Crippen molar-refractivity contribution >= 4 is 23.8 Å². The maximum atomic E-state index is 11.7. The Morgan fingerprint density at radius 3 is 2.82 bits per heavy atom. The van der Waals surface area contributed by atoms with Crippen LogP contribution in [0.1, 0.15) is 32.6 Å². The van der Waals surface area contributed by atoms with Crippen molar-refractivity contribution in [2.75, 3.05) is 18.2 Å². The average molecular weight is 260 g/mol. The minimum Gasteiger partial charge on any atom is -0.480 e. The summed E-state index contributed by atoms with van der Waals surface area (Å²) in [5.41, 5.74) is 0. The summed E-state index contributed by atoms with van der Waals surface area (Å²) in [6.45, 7) is 2.77. The molecule has 1 atom stereocenters. The lowest BCUT2D eigenvalue weighted by Gasteiger charge is -2.20. The molecule has 6 heteroatoms. The van der Waals surface area contributed by atoms with E-state index in [0.29, 0.717) is 18.2 Å². The molecular formula is C11H20N2O3S. The summed E-state index contributed by atoms with van der Waals surface area (Å²) in [4.78, 5) is 24.0. The minimum absolute atomic E-state index is 0.251. The molecular weight excluding hydrogens is 240 g/mol. The molecule has 2 N–H and O–H groups in total. The third-order valence-corrected chi connectivity index (χ3v) is 3.75. The van der Waals surface area contributed by atoms with E-state index in [1.807, 2.05) is 0 Å². The van der Waals surface area contributed by atoms with Crippen LogP contribution in [0.25, 0.3) is 0 Å². The molecule has 0 saturated carbocycles. The zero-order valence-electron chi connectivity index (χ0n) is 10.1. The van der Waals surface area contributed by atoms with E-state index >= 15 is 0 Å². The molecule has 1 rings (SSSR count). The lowest BCUT2D eigenvalue weighted by molar-refractivity contribution is -0.140. The number of thioether (sulfide) groups is 1. The second-order valence-electron chi connectivity index (χ2n) is 4.12. The molecule has 1 aliphatic heterocycles. The molecule has 0 bridgehead atoms. The molecule has 2 amide bonds. The van der Waals surface area contributed by atoms with E-state index in [9.17, 15) is 9.59 Å². The van der Waals surface area contributed by atoms with Gasteiger partial charge in [-0.1, -0.05) is 26.2 Å². The van der Waals surface area contributed by atoms with E-state index in [0.717, 1.165) is 19.3 Å². The zero-order valence-corrected chi connectivity index (χ0v) is 11.0. The number of hydrogen-bond acceptors (Lipinski definition) is 3. The summed E-state index contributed by atoms with van der Waals surface area (Å²) in [5.74, 6) is 0.0345. The van der Waals surface area contributed by atoms with Gasteiger partial charge in [0.2, 0.25) is 0 Å². The molecule has 0 aromatic rings. The zero-order chi connectivity index (χ0) is 12.7. The Balaban J connectivity index is 2.25. The lowest BCUT2D eigenvalue weighted by atomic mass is 10.2. The molecule has 0 spiro atoms. The number of carboxylic acids is 1. The number of amides is 2. The van der Waals surface area contributed by atoms with Gasteiger partial charge in [0.15, 0.2) is 0 Å². The van der Waals surface area contributed by atoms with Crippen LogP contribution in [0.4, 0.5) is 4.79 Å². The predicted octanol–water partition coefficient (Wildman–Crippen LogP) is 1.74. The molecule has 0 aromatic carbocycles. The van der Waals surface area contributed by atoms with Crippen LogP contribution in [0, 0.1) is 0 Å². The maximum absolute atomic E-state index is 11.7. The monoisotopic (exact) mass is 260 g/mol. The van der Waals surface area contributed by atoms with Crippen LogP contribution in [0.3, 0.4) is 0 Å². The third-order valence-electron chi connectivity index (χ3n) is 2.73. The fraction of sp³-hybridized carbons (Fsp3) is 0.818. The van der Waals surface area contributed by atoms with Crippen LogP contribution in [-0.2, 0) is 4.79 Å². The summed E-state index contributed by atoms with van der Waals surface area (Å²) in [6, 6.07) is -0.922. The number of hydrogen-bond donors (Lipinski definition) is 2. The van der Waals surface area contributed by atoms with Gasteiger partial charge in [-0.15, -0.1) is 11.8 Å². The van der Waals surface area contributed by atoms with Crippen LogP contribution in [-0.4, -0.2) is 46.2 Å². The molecule has 0 radical (unpaired) electrons. The van der Waals surface area contributed by atoms with Gasteiger partial charge in [0.05, 0.1) is 5.88 Å². The fourth-order valence-corrected chi connectivity index (χ4v) is 2.84. The van der Waals surface area contributed by atoms with Crippen molar-refractivity contribution in [3.63, 3.8) is 0 Å². The van der Waals surface area contributed by atoms with E-state index in [-0.39, 0.29) is 6.03 Å². The standard InChI is InChI=1S/C11H20N2O3S/c1-2-3-4-5-6-12-11(16)13-8-17-7-9(13)10(14)15/h9H,2-8H2,1H3,(H,12,16)(H,14,15). The molecule has 17 heavy (non-hydrogen) atoms. The Hall–Kier alpha value is -0.910. The van der Waals surface area contributed by atoms with E-state index in [1.165, 1.54) is 23.1 Å². The van der Waals surface area contributed by atoms with Crippen LogP contribution < -0.4 is 5.32 Å². The summed E-state index contributed by atoms with van der Waals surface area (Å²) in [7, 11) is 0. The van der Waals surface area contributed by atoms with Crippen molar-refractivity contribution in [2.45, 2.75) is 38.6 Å². The smallest absolute Gasteiger partial charge is 0.327 e. The van der Waals surface area contributed by atoms with Gasteiger partial charge < -0.3 is 15.3 Å². The summed E-state index contributed by atoms with van der Waals surface area (Å²) < 4.78 is 0. The van der Waals surface area contributed by atoms with Gasteiger partial charge in [0.25, 0.3) is 0 Å². The van der Waals surface area contributed by atoms with Crippen LogP contribution in [0.5, 0.6) is 0 Å². The minimum atomic E-state index is -0.920. The first-order valence-corrected chi connectivity index (χ1v) is 7.17. The Labute approximate surface area is 106 Å². The van der Waals surface area contributed by atoms with E-state index < -0.39 is 12.0 Å². The average Bonchev–Trinajstić information content (AvgIpc) is 2.77. The summed E-state index contributed by atoms with van der Waals surface area (Å²) in [5, 5.41) is 11.7. The number of carboxylic acid groups (broad SMARTS) is 1. The summed E-state index contributed by atoms with van der Waals surface area (Å²) >= 11 is 1.48. The Morgan fingerprint density at radius 2 is 2.18 bits per heavy atom. The Morgan fingerprint density at radius 1 is 1.41 bits per heavy atom. The van der Waals surface area contributed by atoms with E-state index in [2.05, 4.69) is 12.2 Å². The van der Waals surface area contributed by atoms with Crippen molar-refractivity contribution in [2.24, 2.45) is 0 Å². The molecule has 1 heterocycles. The lowest BCUT2D eigenvalue weighted by Crippen LogP contribution is -2.47. The van der Waals surface area contributed by atoms with Crippen molar-refractivity contribution in [1.29, 1.82) is 0 Å². The molecule has 1 unspecified atom stereocenters. The Bertz CT molecular complexity index is 273. The number of nitrogens with one attached hydrogen (secondary N) is 1. The van der Waals surface area contributed by atoms with Crippen molar-refractivity contribution in [3.8, 4) is 0 Å². The molecule has 1 saturated heterocycles. The first-order valence-electron chi connectivity index (χ1n) is 6.01. The van der Waals surface area contributed by atoms with Gasteiger partial charge in [-0.3, -0.25) is 0 Å². The predicted molar refractivity (Wildman–Crippen MR) is 68.1 cm³/mol. The van der Waals surface area contributed by atoms with Crippen molar-refractivity contribution < 1.29 is 14.7 Å². The molecule has 0 aromatic heterocycles. The van der Waals surface area contributed by atoms with Crippen LogP contribution >= 0.6 is 11.8 Å². The maximum Gasteiger partial charge on any atom is 0.327 e. The molecule has 98 valence electrons. The van der Waals surface area contributed by atoms with Gasteiger partial charge in [-0.2, -0.15) is 0 Å². The van der Waals surface area contributed by atoms with Crippen LogP contribution in [0.15, 0.2) is 0 Å². The van der Waals surface area contributed by atoms with Gasteiger partial charge >= 0.3 is 12.0 Å². The first kappa shape index (κ1) is 14.2. The van der Waals surface area contributed by atoms with Gasteiger partial charge in [-0.25, -0.2) is 9.59 Å². The topological polar surface area (TPSA) is 69.6 Å². The second-order valence-corrected chi connectivity index (χ2v) is 5.12. The van der Waals surface area contributed by atoms with E-state index in [1.54, 1.807) is 0 Å². The highest BCUT2D eigenvalue weighted by Gasteiger charge is 2.34. The van der Waals surface area contributed by atoms with Gasteiger partial charge in [-0.05, 0) is 6.42 Å². The highest BCUT2D eigenvalue weighted by Crippen LogP contribution is 2.20. The van der Waals surface area contributed by atoms with Gasteiger partial charge in [0, 0.05) is 12.3 Å². The molecule has 1 fully saturated rings. The number of rotatable bonds is 6. The molecule has 5 nitrogen and oxygen atoms in total. The van der Waals surface area contributed by atoms with Gasteiger partial charge in [0.1, 0.15) is 6.04 Å². The number of unbranched alkanes of at least 4 members (excludes halogenated alkanes) is 3. The highest BCUT2D eigenvalue weighted by molar-refractivity contribution is 7.99. The van der Waals surface area contributed by atoms with Crippen molar-refractivity contribution in [3.05, 3.63) is 0 Å². The number of carbonyl (C=O) groups excluding carboxylic acids is 1. The largest absolute Gasteiger partial charge is 0.480 e. The van der Waals surface area contributed by atoms with Crippen LogP contribution in [0.2, 0.25) is 0 Å². The number of aliphatic carboxylic acids is 1. The summed E-state index contributed by atoms with van der Waals surface area (Å²) in [6.07, 6.45) is 4.40. The number of nitrogens with zero attached hydrogens (tertiary/aromatic N) is 1. The molecule has 1 aliphatic rings.